The summed E-state index contributed by atoms with van der Waals surface area (Å²) < 4.78 is 10.6. The van der Waals surface area contributed by atoms with Gasteiger partial charge in [-0.1, -0.05) is 57.2 Å². The van der Waals surface area contributed by atoms with E-state index in [4.69, 9.17) is 14.7 Å². The molecule has 0 spiro atoms. The van der Waals surface area contributed by atoms with Crippen LogP contribution in [0.15, 0.2) is 48.5 Å². The van der Waals surface area contributed by atoms with E-state index in [0.29, 0.717) is 17.1 Å². The van der Waals surface area contributed by atoms with Crippen LogP contribution in [0, 0.1) is 11.3 Å². The predicted octanol–water partition coefficient (Wildman–Crippen LogP) is 4.79. The summed E-state index contributed by atoms with van der Waals surface area (Å²) in [5.74, 6) is 0.953. The van der Waals surface area contributed by atoms with E-state index >= 15 is 0 Å². The van der Waals surface area contributed by atoms with Gasteiger partial charge in [0.05, 0.1) is 7.11 Å². The lowest BCUT2D eigenvalue weighted by molar-refractivity contribution is 0.104. The molecule has 0 aliphatic rings. The quantitative estimate of drug-likeness (QED) is 0.556. The van der Waals surface area contributed by atoms with E-state index in [-0.39, 0.29) is 17.8 Å². The number of hydrogen-bond donors (Lipinski definition) is 0. The Kier molecular flexibility index (Phi) is 6.19. The zero-order valence-corrected chi connectivity index (χ0v) is 15.6. The second kappa shape index (κ2) is 8.35. The van der Waals surface area contributed by atoms with Gasteiger partial charge in [-0.2, -0.15) is 5.26 Å². The normalized spacial score (nSPS) is 11.2. The molecule has 4 nitrogen and oxygen atoms in total. The van der Waals surface area contributed by atoms with E-state index < -0.39 is 0 Å². The Morgan fingerprint density at radius 1 is 1.12 bits per heavy atom. The van der Waals surface area contributed by atoms with Gasteiger partial charge in [0.2, 0.25) is 0 Å². The highest BCUT2D eigenvalue weighted by atomic mass is 16.5. The van der Waals surface area contributed by atoms with E-state index in [1.807, 2.05) is 36.4 Å². The standard InChI is InChI=1S/C22H23NO3/c1-22(2,3)18-9-7-17(8-10-18)19(24)11-5-16-6-12-20(26-14-13-23)21(15-16)25-4/h5-12,15H,14H2,1-4H3. The zero-order valence-electron chi connectivity index (χ0n) is 15.6. The number of rotatable bonds is 6. The maximum absolute atomic E-state index is 12.4. The van der Waals surface area contributed by atoms with Crippen molar-refractivity contribution >= 4 is 11.9 Å². The number of nitriles is 1. The third-order valence-electron chi connectivity index (χ3n) is 3.94. The van der Waals surface area contributed by atoms with Gasteiger partial charge in [0.1, 0.15) is 6.07 Å². The summed E-state index contributed by atoms with van der Waals surface area (Å²) in [6, 6.07) is 14.9. The van der Waals surface area contributed by atoms with Crippen molar-refractivity contribution in [2.24, 2.45) is 0 Å². The van der Waals surface area contributed by atoms with Crippen molar-refractivity contribution in [3.8, 4) is 17.6 Å². The van der Waals surface area contributed by atoms with Crippen LogP contribution in [0.1, 0.15) is 42.3 Å². The molecule has 0 aliphatic carbocycles. The Labute approximate surface area is 154 Å². The number of methoxy groups -OCH3 is 1. The van der Waals surface area contributed by atoms with Gasteiger partial charge < -0.3 is 9.47 Å². The van der Waals surface area contributed by atoms with Crippen LogP contribution in [-0.2, 0) is 5.41 Å². The Hall–Kier alpha value is -3.06. The van der Waals surface area contributed by atoms with Gasteiger partial charge >= 0.3 is 0 Å². The molecule has 0 saturated carbocycles. The van der Waals surface area contributed by atoms with Crippen LogP contribution < -0.4 is 9.47 Å². The summed E-state index contributed by atoms with van der Waals surface area (Å²) in [5.41, 5.74) is 2.71. The molecule has 0 atom stereocenters. The molecule has 0 heterocycles. The lowest BCUT2D eigenvalue weighted by Crippen LogP contribution is -2.11. The number of nitrogens with zero attached hydrogens (tertiary/aromatic N) is 1. The van der Waals surface area contributed by atoms with Crippen molar-refractivity contribution in [2.45, 2.75) is 26.2 Å². The summed E-state index contributed by atoms with van der Waals surface area (Å²) in [4.78, 5) is 12.4. The number of carbonyl (C=O) groups excluding carboxylic acids is 1. The van der Waals surface area contributed by atoms with Crippen LogP contribution in [0.5, 0.6) is 11.5 Å². The van der Waals surface area contributed by atoms with Gasteiger partial charge in [-0.3, -0.25) is 4.79 Å². The van der Waals surface area contributed by atoms with Crippen molar-refractivity contribution in [1.82, 2.24) is 0 Å². The number of ketones is 1. The minimum atomic E-state index is -0.0609. The lowest BCUT2D eigenvalue weighted by Gasteiger charge is -2.18. The second-order valence-electron chi connectivity index (χ2n) is 6.88. The number of benzene rings is 2. The minimum absolute atomic E-state index is 0.0470. The SMILES string of the molecule is COc1cc(C=CC(=O)c2ccc(C(C)(C)C)cc2)ccc1OCC#N. The summed E-state index contributed by atoms with van der Waals surface area (Å²) in [5, 5.41) is 8.60. The smallest absolute Gasteiger partial charge is 0.185 e. The molecule has 2 aromatic carbocycles. The fourth-order valence-electron chi connectivity index (χ4n) is 2.42. The summed E-state index contributed by atoms with van der Waals surface area (Å²) in [6.45, 7) is 6.37. The van der Waals surface area contributed by atoms with Gasteiger partial charge in [-0.25, -0.2) is 0 Å². The first kappa shape index (κ1) is 19.3. The fraction of sp³-hybridized carbons (Fsp3) is 0.273. The Bertz CT molecular complexity index is 837. The molecule has 2 aromatic rings. The number of hydrogen-bond acceptors (Lipinski definition) is 4. The topological polar surface area (TPSA) is 59.3 Å². The zero-order chi connectivity index (χ0) is 19.2. The molecule has 0 fully saturated rings. The predicted molar refractivity (Wildman–Crippen MR) is 103 cm³/mol. The molecule has 0 aromatic heterocycles. The third kappa shape index (κ3) is 4.97. The van der Waals surface area contributed by atoms with Crippen molar-refractivity contribution in [1.29, 1.82) is 5.26 Å². The molecule has 0 N–H and O–H groups in total. The number of carbonyl (C=O) groups is 1. The molecule has 0 unspecified atom stereocenters. The summed E-state index contributed by atoms with van der Waals surface area (Å²) in [7, 11) is 1.53. The van der Waals surface area contributed by atoms with Gasteiger partial charge in [0.25, 0.3) is 0 Å². The highest BCUT2D eigenvalue weighted by Crippen LogP contribution is 2.28. The van der Waals surface area contributed by atoms with Crippen LogP contribution in [0.2, 0.25) is 0 Å². The minimum Gasteiger partial charge on any atom is -0.493 e. The van der Waals surface area contributed by atoms with Crippen LogP contribution in [0.4, 0.5) is 0 Å². The molecule has 0 aliphatic heterocycles. The average molecular weight is 349 g/mol. The molecular weight excluding hydrogens is 326 g/mol. The van der Waals surface area contributed by atoms with Crippen molar-refractivity contribution in [2.75, 3.05) is 13.7 Å². The molecule has 0 saturated heterocycles. The van der Waals surface area contributed by atoms with E-state index in [1.165, 1.54) is 18.7 Å². The molecule has 0 amide bonds. The van der Waals surface area contributed by atoms with Crippen molar-refractivity contribution < 1.29 is 14.3 Å². The third-order valence-corrected chi connectivity index (χ3v) is 3.94. The number of ether oxygens (including phenoxy) is 2. The van der Waals surface area contributed by atoms with Crippen LogP contribution in [-0.4, -0.2) is 19.5 Å². The van der Waals surface area contributed by atoms with E-state index in [0.717, 1.165) is 5.56 Å². The van der Waals surface area contributed by atoms with Crippen LogP contribution >= 0.6 is 0 Å². The van der Waals surface area contributed by atoms with E-state index in [1.54, 1.807) is 18.2 Å². The summed E-state index contributed by atoms with van der Waals surface area (Å²) in [6.07, 6.45) is 3.27. The van der Waals surface area contributed by atoms with Crippen molar-refractivity contribution in [3.05, 3.63) is 65.2 Å². The molecule has 2 rings (SSSR count). The molecule has 26 heavy (non-hydrogen) atoms. The lowest BCUT2D eigenvalue weighted by atomic mass is 9.86. The molecule has 0 bridgehead atoms. The van der Waals surface area contributed by atoms with Gasteiger partial charge in [0.15, 0.2) is 23.9 Å². The Morgan fingerprint density at radius 2 is 1.81 bits per heavy atom. The second-order valence-corrected chi connectivity index (χ2v) is 6.88. The van der Waals surface area contributed by atoms with Crippen LogP contribution in [0.3, 0.4) is 0 Å². The maximum Gasteiger partial charge on any atom is 0.185 e. The molecule has 0 radical (unpaired) electrons. The van der Waals surface area contributed by atoms with Crippen LogP contribution in [0.25, 0.3) is 6.08 Å². The largest absolute Gasteiger partial charge is 0.493 e. The highest BCUT2D eigenvalue weighted by Gasteiger charge is 2.13. The average Bonchev–Trinajstić information content (AvgIpc) is 2.64. The Morgan fingerprint density at radius 3 is 2.38 bits per heavy atom. The number of allylic oxidation sites excluding steroid dienone is 1. The summed E-state index contributed by atoms with van der Waals surface area (Å²) >= 11 is 0. The van der Waals surface area contributed by atoms with Gasteiger partial charge in [-0.15, -0.1) is 0 Å². The van der Waals surface area contributed by atoms with Gasteiger partial charge in [0, 0.05) is 5.56 Å². The Balaban J connectivity index is 2.13. The first-order chi connectivity index (χ1) is 12.3. The van der Waals surface area contributed by atoms with Gasteiger partial charge in [-0.05, 0) is 34.8 Å². The fourth-order valence-corrected chi connectivity index (χ4v) is 2.42. The molecular formula is C22H23NO3. The molecule has 134 valence electrons. The molecule has 4 heteroatoms. The first-order valence-corrected chi connectivity index (χ1v) is 8.36. The monoisotopic (exact) mass is 349 g/mol. The maximum atomic E-state index is 12.4. The first-order valence-electron chi connectivity index (χ1n) is 8.36. The van der Waals surface area contributed by atoms with Crippen molar-refractivity contribution in [3.63, 3.8) is 0 Å². The highest BCUT2D eigenvalue weighted by molar-refractivity contribution is 6.06. The van der Waals surface area contributed by atoms with E-state index in [9.17, 15) is 4.79 Å². The van der Waals surface area contributed by atoms with E-state index in [2.05, 4.69) is 20.8 Å².